The van der Waals surface area contributed by atoms with Crippen molar-refractivity contribution in [3.63, 3.8) is 0 Å². The molecule has 1 aromatic carbocycles. The lowest BCUT2D eigenvalue weighted by molar-refractivity contribution is 0.187. The van der Waals surface area contributed by atoms with E-state index in [-0.39, 0.29) is 0 Å². The molecule has 1 fully saturated rings. The molecule has 0 aromatic heterocycles. The molecule has 1 unspecified atom stereocenters. The van der Waals surface area contributed by atoms with E-state index in [0.29, 0.717) is 12.6 Å². The fraction of sp³-hybridized carbons (Fsp3) is 0.625. The Hall–Kier alpha value is -0.380. The number of benzene rings is 1. The minimum Gasteiger partial charge on any atom is -0.329 e. The van der Waals surface area contributed by atoms with E-state index in [4.69, 9.17) is 5.73 Å². The third kappa shape index (κ3) is 3.80. The molecule has 0 heterocycles. The lowest BCUT2D eigenvalue weighted by Crippen LogP contribution is -2.36. The molecule has 2 N–H and O–H groups in total. The number of hydrogen-bond acceptors (Lipinski definition) is 2. The van der Waals surface area contributed by atoms with Crippen LogP contribution in [0, 0.1) is 6.92 Å². The summed E-state index contributed by atoms with van der Waals surface area (Å²) in [6, 6.07) is 7.73. The molecule has 2 nitrogen and oxygen atoms in total. The fourth-order valence-corrected chi connectivity index (χ4v) is 3.44. The van der Waals surface area contributed by atoms with Crippen molar-refractivity contribution < 1.29 is 0 Å². The molecule has 3 heteroatoms. The van der Waals surface area contributed by atoms with Gasteiger partial charge in [-0.25, -0.2) is 0 Å². The Morgan fingerprint density at radius 3 is 2.68 bits per heavy atom. The van der Waals surface area contributed by atoms with Crippen molar-refractivity contribution >= 4 is 15.9 Å². The van der Waals surface area contributed by atoms with Crippen LogP contribution in [0.3, 0.4) is 0 Å². The lowest BCUT2D eigenvalue weighted by Gasteiger charge is -2.32. The molecule has 0 amide bonds. The van der Waals surface area contributed by atoms with Gasteiger partial charge in [-0.2, -0.15) is 0 Å². The molecule has 0 saturated heterocycles. The van der Waals surface area contributed by atoms with Gasteiger partial charge in [0.15, 0.2) is 0 Å². The first-order chi connectivity index (χ1) is 9.17. The summed E-state index contributed by atoms with van der Waals surface area (Å²) in [6.45, 7) is 6.25. The van der Waals surface area contributed by atoms with Crippen molar-refractivity contribution in [3.05, 3.63) is 33.8 Å². The van der Waals surface area contributed by atoms with Crippen molar-refractivity contribution in [2.45, 2.75) is 51.6 Å². The predicted molar refractivity (Wildman–Crippen MR) is 85.3 cm³/mol. The van der Waals surface area contributed by atoms with Gasteiger partial charge in [0.25, 0.3) is 0 Å². The minimum absolute atomic E-state index is 0.356. The first-order valence-electron chi connectivity index (χ1n) is 7.39. The Labute approximate surface area is 125 Å². The number of hydrogen-bond donors (Lipinski definition) is 1. The molecule has 1 atom stereocenters. The molecule has 0 radical (unpaired) electrons. The highest BCUT2D eigenvalue weighted by Crippen LogP contribution is 2.36. The second kappa shape index (κ2) is 6.87. The Morgan fingerprint density at radius 2 is 2.16 bits per heavy atom. The van der Waals surface area contributed by atoms with E-state index in [2.05, 4.69) is 52.9 Å². The van der Waals surface area contributed by atoms with E-state index in [9.17, 15) is 0 Å². The molecule has 0 spiro atoms. The van der Waals surface area contributed by atoms with Crippen LogP contribution in [0.25, 0.3) is 0 Å². The van der Waals surface area contributed by atoms with Crippen LogP contribution in [0.2, 0.25) is 0 Å². The van der Waals surface area contributed by atoms with Crippen LogP contribution in [-0.2, 0) is 0 Å². The van der Waals surface area contributed by atoms with Crippen LogP contribution in [0.15, 0.2) is 22.7 Å². The molecule has 1 saturated carbocycles. The maximum Gasteiger partial charge on any atom is 0.0484 e. The Kier molecular flexibility index (Phi) is 5.43. The fourth-order valence-electron chi connectivity index (χ4n) is 2.68. The largest absolute Gasteiger partial charge is 0.329 e. The van der Waals surface area contributed by atoms with Crippen molar-refractivity contribution in [2.24, 2.45) is 5.73 Å². The lowest BCUT2D eigenvalue weighted by atomic mass is 10.0. The van der Waals surface area contributed by atoms with E-state index in [0.717, 1.165) is 6.04 Å². The third-order valence-electron chi connectivity index (χ3n) is 3.92. The average molecular weight is 325 g/mol. The summed E-state index contributed by atoms with van der Waals surface area (Å²) >= 11 is 3.71. The zero-order valence-corrected chi connectivity index (χ0v) is 13.6. The Morgan fingerprint density at radius 1 is 1.42 bits per heavy atom. The van der Waals surface area contributed by atoms with Crippen LogP contribution < -0.4 is 5.73 Å². The smallest absolute Gasteiger partial charge is 0.0484 e. The number of halogens is 1. The van der Waals surface area contributed by atoms with Crippen LogP contribution >= 0.6 is 15.9 Å². The predicted octanol–water partition coefficient (Wildman–Crippen LogP) is 4.02. The van der Waals surface area contributed by atoms with Crippen molar-refractivity contribution in [3.8, 4) is 0 Å². The van der Waals surface area contributed by atoms with Crippen LogP contribution in [-0.4, -0.2) is 24.0 Å². The van der Waals surface area contributed by atoms with Crippen LogP contribution in [0.1, 0.15) is 49.8 Å². The summed E-state index contributed by atoms with van der Waals surface area (Å²) < 4.78 is 1.20. The number of nitrogens with zero attached hydrogens (tertiary/aromatic N) is 1. The van der Waals surface area contributed by atoms with Gasteiger partial charge in [0.05, 0.1) is 0 Å². The van der Waals surface area contributed by atoms with E-state index in [1.165, 1.54) is 47.8 Å². The highest BCUT2D eigenvalue weighted by atomic mass is 79.9. The second-order valence-electron chi connectivity index (χ2n) is 5.60. The van der Waals surface area contributed by atoms with Gasteiger partial charge in [-0.15, -0.1) is 0 Å². The topological polar surface area (TPSA) is 29.3 Å². The van der Waals surface area contributed by atoms with Gasteiger partial charge >= 0.3 is 0 Å². The van der Waals surface area contributed by atoms with Gasteiger partial charge in [-0.3, -0.25) is 4.90 Å². The van der Waals surface area contributed by atoms with Gasteiger partial charge in [0.1, 0.15) is 0 Å². The van der Waals surface area contributed by atoms with Gasteiger partial charge in [-0.05, 0) is 49.9 Å². The van der Waals surface area contributed by atoms with Crippen LogP contribution in [0.4, 0.5) is 0 Å². The number of nitrogens with two attached hydrogens (primary N) is 1. The first-order valence-corrected chi connectivity index (χ1v) is 8.18. The van der Waals surface area contributed by atoms with E-state index < -0.39 is 0 Å². The Balaban J connectivity index is 2.20. The van der Waals surface area contributed by atoms with E-state index >= 15 is 0 Å². The summed E-state index contributed by atoms with van der Waals surface area (Å²) in [4.78, 5) is 2.62. The molecule has 1 aliphatic carbocycles. The maximum absolute atomic E-state index is 6.09. The van der Waals surface area contributed by atoms with Gasteiger partial charge in [-0.1, -0.05) is 41.4 Å². The normalized spacial score (nSPS) is 16.9. The zero-order valence-electron chi connectivity index (χ0n) is 12.0. The summed E-state index contributed by atoms with van der Waals surface area (Å²) in [6.07, 6.45) is 5.18. The molecular formula is C16H25BrN2. The molecule has 1 aromatic rings. The number of rotatable bonds is 7. The summed E-state index contributed by atoms with van der Waals surface area (Å²) in [5.74, 6) is 0. The van der Waals surface area contributed by atoms with Crippen LogP contribution in [0.5, 0.6) is 0 Å². The van der Waals surface area contributed by atoms with Gasteiger partial charge < -0.3 is 5.73 Å². The van der Waals surface area contributed by atoms with Gasteiger partial charge in [0.2, 0.25) is 0 Å². The molecule has 19 heavy (non-hydrogen) atoms. The quantitative estimate of drug-likeness (QED) is 0.820. The summed E-state index contributed by atoms with van der Waals surface area (Å²) in [5, 5.41) is 0. The monoisotopic (exact) mass is 324 g/mol. The standard InChI is InChI=1S/C16H25BrN2/c1-3-4-9-19(13-6-7-13)16(11-18)14-8-5-12(2)10-15(14)17/h5,8,10,13,16H,3-4,6-7,9,11,18H2,1-2H3. The number of aryl methyl sites for hydroxylation is 1. The molecule has 1 aliphatic rings. The molecule has 0 aliphatic heterocycles. The zero-order chi connectivity index (χ0) is 13.8. The van der Waals surface area contributed by atoms with Crippen molar-refractivity contribution in [1.82, 2.24) is 4.90 Å². The van der Waals surface area contributed by atoms with E-state index in [1.54, 1.807) is 0 Å². The molecule has 0 bridgehead atoms. The Bertz CT molecular complexity index is 415. The SMILES string of the molecule is CCCCN(C1CC1)C(CN)c1ccc(C)cc1Br. The summed E-state index contributed by atoms with van der Waals surface area (Å²) in [7, 11) is 0. The molecular weight excluding hydrogens is 300 g/mol. The highest BCUT2D eigenvalue weighted by Gasteiger charge is 2.34. The molecule has 106 valence electrons. The van der Waals surface area contributed by atoms with E-state index in [1.807, 2.05) is 0 Å². The van der Waals surface area contributed by atoms with Gasteiger partial charge in [0, 0.05) is 23.1 Å². The van der Waals surface area contributed by atoms with Crippen molar-refractivity contribution in [1.29, 1.82) is 0 Å². The second-order valence-corrected chi connectivity index (χ2v) is 6.45. The molecule has 2 rings (SSSR count). The highest BCUT2D eigenvalue weighted by molar-refractivity contribution is 9.10. The number of unbranched alkanes of at least 4 members (excludes halogenated alkanes) is 1. The summed E-state index contributed by atoms with van der Waals surface area (Å²) in [5.41, 5.74) is 8.72. The first kappa shape index (κ1) is 15.0. The maximum atomic E-state index is 6.09. The average Bonchev–Trinajstić information content (AvgIpc) is 3.20. The third-order valence-corrected chi connectivity index (χ3v) is 4.61. The van der Waals surface area contributed by atoms with Crippen molar-refractivity contribution in [2.75, 3.05) is 13.1 Å². The minimum atomic E-state index is 0.356.